The second-order valence-corrected chi connectivity index (χ2v) is 6.58. The Hall–Kier alpha value is -0.680. The summed E-state index contributed by atoms with van der Waals surface area (Å²) in [5, 5.41) is 3.46. The van der Waals surface area contributed by atoms with E-state index in [-0.39, 0.29) is 0 Å². The van der Waals surface area contributed by atoms with Gasteiger partial charge in [-0.1, -0.05) is 13.0 Å². The predicted molar refractivity (Wildman–Crippen MR) is 86.2 cm³/mol. The van der Waals surface area contributed by atoms with Crippen LogP contribution in [0.1, 0.15) is 29.5 Å². The van der Waals surface area contributed by atoms with E-state index < -0.39 is 0 Å². The average molecular weight is 294 g/mol. The Balaban J connectivity index is 1.77. The highest BCUT2D eigenvalue weighted by atomic mass is 32.1. The van der Waals surface area contributed by atoms with Gasteiger partial charge in [-0.2, -0.15) is 0 Å². The van der Waals surface area contributed by atoms with Crippen LogP contribution in [-0.2, 0) is 17.8 Å². The van der Waals surface area contributed by atoms with E-state index in [9.17, 15) is 0 Å². The van der Waals surface area contributed by atoms with E-state index in [2.05, 4.69) is 35.3 Å². The maximum atomic E-state index is 5.19. The molecule has 4 heteroatoms. The monoisotopic (exact) mass is 294 g/mol. The zero-order valence-electron chi connectivity index (χ0n) is 12.7. The molecular weight excluding hydrogens is 268 g/mol. The second-order valence-electron chi connectivity index (χ2n) is 5.33. The molecule has 2 heterocycles. The molecular formula is C16H26N2OS. The van der Waals surface area contributed by atoms with E-state index in [0.717, 1.165) is 45.8 Å². The maximum absolute atomic E-state index is 5.19. The molecule has 1 aliphatic heterocycles. The van der Waals surface area contributed by atoms with Crippen LogP contribution in [-0.4, -0.2) is 38.3 Å². The number of rotatable bonds is 8. The van der Waals surface area contributed by atoms with E-state index >= 15 is 0 Å². The minimum Gasteiger partial charge on any atom is -0.380 e. The molecule has 0 aliphatic carbocycles. The zero-order valence-corrected chi connectivity index (χ0v) is 13.5. The molecule has 1 aromatic rings. The number of hydrogen-bond acceptors (Lipinski definition) is 4. The van der Waals surface area contributed by atoms with Crippen LogP contribution in [0, 0.1) is 0 Å². The first-order chi connectivity index (χ1) is 9.81. The van der Waals surface area contributed by atoms with E-state index in [1.54, 1.807) is 7.11 Å². The summed E-state index contributed by atoms with van der Waals surface area (Å²) < 4.78 is 5.19. The summed E-state index contributed by atoms with van der Waals surface area (Å²) in [6, 6.07) is 4.54. The Bertz CT molecular complexity index is 428. The van der Waals surface area contributed by atoms with Crippen molar-refractivity contribution in [3.05, 3.63) is 33.5 Å². The Labute approximate surface area is 126 Å². The molecule has 1 aromatic heterocycles. The highest BCUT2D eigenvalue weighted by Gasteiger charge is 2.12. The molecule has 1 N–H and O–H groups in total. The van der Waals surface area contributed by atoms with Crippen LogP contribution in [0.15, 0.2) is 23.8 Å². The van der Waals surface area contributed by atoms with E-state index in [1.165, 1.54) is 21.7 Å². The number of hydrogen-bond donors (Lipinski definition) is 1. The number of thiophene rings is 1. The molecule has 1 aliphatic rings. The average Bonchev–Trinajstić information content (AvgIpc) is 2.89. The van der Waals surface area contributed by atoms with Crippen molar-refractivity contribution in [1.29, 1.82) is 0 Å². The lowest BCUT2D eigenvalue weighted by Gasteiger charge is -2.25. The number of methoxy groups -OCH3 is 1. The Morgan fingerprint density at radius 2 is 2.20 bits per heavy atom. The molecule has 0 amide bonds. The van der Waals surface area contributed by atoms with Crippen molar-refractivity contribution in [2.75, 3.05) is 33.4 Å². The van der Waals surface area contributed by atoms with Crippen molar-refractivity contribution < 1.29 is 4.74 Å². The molecule has 0 saturated carbocycles. The van der Waals surface area contributed by atoms with Crippen LogP contribution >= 0.6 is 11.3 Å². The third-order valence-electron chi connectivity index (χ3n) is 3.54. The van der Waals surface area contributed by atoms with Gasteiger partial charge >= 0.3 is 0 Å². The summed E-state index contributed by atoms with van der Waals surface area (Å²) in [4.78, 5) is 5.43. The van der Waals surface area contributed by atoms with Gasteiger partial charge in [0.2, 0.25) is 0 Å². The quantitative estimate of drug-likeness (QED) is 0.589. The van der Waals surface area contributed by atoms with Gasteiger partial charge in [-0.25, -0.2) is 0 Å². The molecule has 2 rings (SSSR count). The molecule has 112 valence electrons. The van der Waals surface area contributed by atoms with E-state index in [4.69, 9.17) is 4.74 Å². The fourth-order valence-electron chi connectivity index (χ4n) is 2.42. The smallest absolute Gasteiger partial charge is 0.0673 e. The first-order valence-electron chi connectivity index (χ1n) is 7.49. The van der Waals surface area contributed by atoms with Crippen molar-refractivity contribution >= 4 is 11.3 Å². The molecule has 20 heavy (non-hydrogen) atoms. The van der Waals surface area contributed by atoms with E-state index in [0.29, 0.717) is 0 Å². The van der Waals surface area contributed by atoms with Gasteiger partial charge in [0.25, 0.3) is 0 Å². The minimum absolute atomic E-state index is 0.792. The van der Waals surface area contributed by atoms with Crippen LogP contribution in [0.25, 0.3) is 0 Å². The van der Waals surface area contributed by atoms with Gasteiger partial charge in [-0.3, -0.25) is 4.90 Å². The summed E-state index contributed by atoms with van der Waals surface area (Å²) in [5.74, 6) is 0. The molecule has 0 unspecified atom stereocenters. The van der Waals surface area contributed by atoms with Crippen molar-refractivity contribution in [1.82, 2.24) is 10.2 Å². The van der Waals surface area contributed by atoms with Gasteiger partial charge in [-0.15, -0.1) is 11.3 Å². The summed E-state index contributed by atoms with van der Waals surface area (Å²) in [7, 11) is 1.77. The summed E-state index contributed by atoms with van der Waals surface area (Å²) >= 11 is 1.94. The Kier molecular flexibility index (Phi) is 6.73. The van der Waals surface area contributed by atoms with Gasteiger partial charge in [0.1, 0.15) is 0 Å². The summed E-state index contributed by atoms with van der Waals surface area (Å²) in [5.41, 5.74) is 1.44. The van der Waals surface area contributed by atoms with Gasteiger partial charge in [0, 0.05) is 43.0 Å². The standard InChI is InChI=1S/C16H26N2OS/c1-3-8-17-11-15-4-5-16(20-15)12-18-9-6-14(7-10-18)13-19-2/h4-6,17H,3,7-13H2,1-2H3. The van der Waals surface area contributed by atoms with Crippen LogP contribution < -0.4 is 5.32 Å². The third-order valence-corrected chi connectivity index (χ3v) is 4.61. The zero-order chi connectivity index (χ0) is 14.2. The molecule has 0 aromatic carbocycles. The lowest BCUT2D eigenvalue weighted by molar-refractivity contribution is 0.210. The Morgan fingerprint density at radius 1 is 1.35 bits per heavy atom. The van der Waals surface area contributed by atoms with Crippen LogP contribution in [0.5, 0.6) is 0 Å². The maximum Gasteiger partial charge on any atom is 0.0673 e. The van der Waals surface area contributed by atoms with Crippen LogP contribution in [0.2, 0.25) is 0 Å². The third kappa shape index (κ3) is 5.02. The fraction of sp³-hybridized carbons (Fsp3) is 0.625. The Morgan fingerprint density at radius 3 is 2.90 bits per heavy atom. The molecule has 0 fully saturated rings. The van der Waals surface area contributed by atoms with Crippen molar-refractivity contribution in [3.8, 4) is 0 Å². The minimum atomic E-state index is 0.792. The molecule has 0 bridgehead atoms. The normalized spacial score (nSPS) is 16.4. The largest absolute Gasteiger partial charge is 0.380 e. The molecule has 0 radical (unpaired) electrons. The molecule has 3 nitrogen and oxygen atoms in total. The highest BCUT2D eigenvalue weighted by Crippen LogP contribution is 2.20. The molecule has 0 atom stereocenters. The van der Waals surface area contributed by atoms with Crippen LogP contribution in [0.4, 0.5) is 0 Å². The van der Waals surface area contributed by atoms with Crippen molar-refractivity contribution in [3.63, 3.8) is 0 Å². The molecule has 0 spiro atoms. The number of nitrogens with zero attached hydrogens (tertiary/aromatic N) is 1. The topological polar surface area (TPSA) is 24.5 Å². The first kappa shape index (κ1) is 15.7. The lowest BCUT2D eigenvalue weighted by atomic mass is 10.1. The SMILES string of the molecule is CCCNCc1ccc(CN2CC=C(COC)CC2)s1. The number of nitrogens with one attached hydrogen (secondary N) is 1. The van der Waals surface area contributed by atoms with Crippen LogP contribution in [0.3, 0.4) is 0 Å². The summed E-state index contributed by atoms with van der Waals surface area (Å²) in [6.07, 6.45) is 4.66. The van der Waals surface area contributed by atoms with Gasteiger partial charge < -0.3 is 10.1 Å². The van der Waals surface area contributed by atoms with E-state index in [1.807, 2.05) is 11.3 Å². The van der Waals surface area contributed by atoms with Gasteiger partial charge in [0.05, 0.1) is 6.61 Å². The van der Waals surface area contributed by atoms with Crippen molar-refractivity contribution in [2.45, 2.75) is 32.9 Å². The van der Waals surface area contributed by atoms with Crippen molar-refractivity contribution in [2.24, 2.45) is 0 Å². The second kappa shape index (κ2) is 8.57. The highest BCUT2D eigenvalue weighted by molar-refractivity contribution is 7.11. The summed E-state index contributed by atoms with van der Waals surface area (Å²) in [6.45, 7) is 8.39. The lowest BCUT2D eigenvalue weighted by Crippen LogP contribution is -2.28. The fourth-order valence-corrected chi connectivity index (χ4v) is 3.45. The first-order valence-corrected chi connectivity index (χ1v) is 8.31. The number of ether oxygens (including phenoxy) is 1. The molecule has 0 saturated heterocycles. The predicted octanol–water partition coefficient (Wildman–Crippen LogP) is 3.03. The van der Waals surface area contributed by atoms with Gasteiger partial charge in [0.15, 0.2) is 0 Å². The van der Waals surface area contributed by atoms with Gasteiger partial charge in [-0.05, 0) is 37.1 Å².